The Labute approximate surface area is 338 Å². The van der Waals surface area contributed by atoms with Gasteiger partial charge in [-0.05, 0) is 91.0 Å². The van der Waals surface area contributed by atoms with E-state index in [2.05, 4.69) is 220 Å². The van der Waals surface area contributed by atoms with Crippen molar-refractivity contribution in [3.8, 4) is 44.5 Å². The van der Waals surface area contributed by atoms with Crippen LogP contribution in [0.25, 0.3) is 44.5 Å². The van der Waals surface area contributed by atoms with Crippen LogP contribution in [0.1, 0.15) is 47.2 Å². The Hall–Kier alpha value is -6.22. The second-order valence-corrected chi connectivity index (χ2v) is 22.7. The van der Waals surface area contributed by atoms with Crippen molar-refractivity contribution in [1.29, 1.82) is 0 Å². The Morgan fingerprint density at radius 3 is 1.32 bits per heavy atom. The van der Waals surface area contributed by atoms with Gasteiger partial charge in [0.1, 0.15) is 0 Å². The van der Waals surface area contributed by atoms with Crippen LogP contribution in [0, 0.1) is 0 Å². The van der Waals surface area contributed by atoms with E-state index in [0.29, 0.717) is 0 Å². The van der Waals surface area contributed by atoms with Crippen molar-refractivity contribution in [2.24, 2.45) is 0 Å². The van der Waals surface area contributed by atoms with Gasteiger partial charge in [-0.25, -0.2) is 0 Å². The summed E-state index contributed by atoms with van der Waals surface area (Å²) in [6, 6.07) is 69.0. The number of hydrogen-bond donors (Lipinski definition) is 0. The first-order valence-electron chi connectivity index (χ1n) is 20.4. The molecule has 0 N–H and O–H groups in total. The maximum Gasteiger partial charge on any atom is 0.0775 e. The molecule has 1 spiro atoms. The summed E-state index contributed by atoms with van der Waals surface area (Å²) in [6.07, 6.45) is 0. The zero-order chi connectivity index (χ0) is 38.7. The van der Waals surface area contributed by atoms with Gasteiger partial charge in [0.05, 0.1) is 24.9 Å². The van der Waals surface area contributed by atoms with Gasteiger partial charge in [-0.15, -0.1) is 0 Å². The third-order valence-electron chi connectivity index (χ3n) is 13.3. The lowest BCUT2D eigenvalue weighted by Crippen LogP contribution is -2.37. The van der Waals surface area contributed by atoms with E-state index in [1.807, 2.05) is 0 Å². The number of anilines is 3. The van der Waals surface area contributed by atoms with E-state index in [0.717, 1.165) is 5.69 Å². The van der Waals surface area contributed by atoms with E-state index in [1.165, 1.54) is 94.4 Å². The van der Waals surface area contributed by atoms with Gasteiger partial charge in [-0.3, -0.25) is 0 Å². The summed E-state index contributed by atoms with van der Waals surface area (Å²) in [5.74, 6) is 0. The Morgan fingerprint density at radius 2 is 0.772 bits per heavy atom. The van der Waals surface area contributed by atoms with Crippen LogP contribution in [-0.4, -0.2) is 8.07 Å². The van der Waals surface area contributed by atoms with Gasteiger partial charge in [0.15, 0.2) is 0 Å². The van der Waals surface area contributed by atoms with Gasteiger partial charge >= 0.3 is 0 Å². The number of hydrogen-bond acceptors (Lipinski definition) is 1. The van der Waals surface area contributed by atoms with E-state index < -0.39 is 13.5 Å². The van der Waals surface area contributed by atoms with Crippen LogP contribution in [0.2, 0.25) is 19.6 Å². The average molecular weight is 748 g/mol. The molecule has 1 nitrogen and oxygen atoms in total. The van der Waals surface area contributed by atoms with Crippen molar-refractivity contribution >= 4 is 30.3 Å². The van der Waals surface area contributed by atoms with Crippen LogP contribution < -0.4 is 10.1 Å². The fourth-order valence-corrected chi connectivity index (χ4v) is 11.8. The predicted molar refractivity (Wildman–Crippen MR) is 243 cm³/mol. The second kappa shape index (κ2) is 12.1. The molecule has 0 heterocycles. The molecule has 0 saturated heterocycles. The quantitative estimate of drug-likeness (QED) is 0.159. The molecule has 0 unspecified atom stereocenters. The van der Waals surface area contributed by atoms with Crippen molar-refractivity contribution < 1.29 is 0 Å². The molecule has 3 aliphatic carbocycles. The Balaban J connectivity index is 1.18. The van der Waals surface area contributed by atoms with Gasteiger partial charge in [0.25, 0.3) is 0 Å². The van der Waals surface area contributed by atoms with E-state index in [1.54, 1.807) is 0 Å². The Bertz CT molecular complexity index is 2860. The average Bonchev–Trinajstić information content (AvgIpc) is 3.80. The molecule has 57 heavy (non-hydrogen) atoms. The number of nitrogens with zero attached hydrogens (tertiary/aromatic N) is 1. The van der Waals surface area contributed by atoms with Crippen molar-refractivity contribution in [3.05, 3.63) is 215 Å². The molecule has 2 heteroatoms. The highest BCUT2D eigenvalue weighted by Crippen LogP contribution is 2.65. The van der Waals surface area contributed by atoms with Gasteiger partial charge in [0, 0.05) is 22.2 Å². The first kappa shape index (κ1) is 34.1. The van der Waals surface area contributed by atoms with Crippen molar-refractivity contribution in [1.82, 2.24) is 0 Å². The largest absolute Gasteiger partial charge is 0.309 e. The molecular formula is C55H45NSi. The summed E-state index contributed by atoms with van der Waals surface area (Å²) in [4.78, 5) is 2.57. The van der Waals surface area contributed by atoms with E-state index in [9.17, 15) is 0 Å². The van der Waals surface area contributed by atoms with Crippen LogP contribution in [-0.2, 0) is 10.8 Å². The van der Waals surface area contributed by atoms with Gasteiger partial charge in [-0.1, -0.05) is 196 Å². The van der Waals surface area contributed by atoms with Crippen molar-refractivity contribution in [2.45, 2.75) is 44.3 Å². The molecule has 0 radical (unpaired) electrons. The first-order valence-corrected chi connectivity index (χ1v) is 23.9. The molecular weight excluding hydrogens is 703 g/mol. The first-order chi connectivity index (χ1) is 27.7. The third-order valence-corrected chi connectivity index (χ3v) is 15.3. The molecule has 0 aromatic heterocycles. The highest BCUT2D eigenvalue weighted by atomic mass is 28.3. The smallest absolute Gasteiger partial charge is 0.0775 e. The zero-order valence-corrected chi connectivity index (χ0v) is 34.3. The van der Waals surface area contributed by atoms with Crippen LogP contribution >= 0.6 is 0 Å². The van der Waals surface area contributed by atoms with Crippen LogP contribution in [0.4, 0.5) is 17.1 Å². The van der Waals surface area contributed by atoms with E-state index in [4.69, 9.17) is 0 Å². The lowest BCUT2D eigenvalue weighted by Gasteiger charge is -2.32. The molecule has 0 bridgehead atoms. The van der Waals surface area contributed by atoms with Gasteiger partial charge in [0.2, 0.25) is 0 Å². The van der Waals surface area contributed by atoms with Crippen LogP contribution in [0.15, 0.2) is 182 Å². The standard InChI is InChI=1S/C55H45NSi/c1-54(2)44-20-10-8-18-42(44)52-48(54)24-14-26-50(52)56(38-32-28-36(29-33-38)37-30-34-39(35-31-37)57(3,4)5)51-27-15-25-49-53(51)43-19-9-13-23-47(43)55(49)45-21-11-6-16-40(45)41-17-7-12-22-46(41)55/h6-35H,1-5H3. The SMILES string of the molecule is CC1(C)c2ccccc2-c2c(N(c3ccc(-c4ccc([Si](C)(C)C)cc4)cc3)c3cccc4c3-c3ccccc3C43c4ccccc4-c4ccccc43)cccc21. The maximum atomic E-state index is 2.57. The summed E-state index contributed by atoms with van der Waals surface area (Å²) in [5, 5.41) is 1.48. The fourth-order valence-electron chi connectivity index (χ4n) is 10.6. The van der Waals surface area contributed by atoms with Crippen molar-refractivity contribution in [3.63, 3.8) is 0 Å². The predicted octanol–water partition coefficient (Wildman–Crippen LogP) is 14.0. The minimum atomic E-state index is -1.39. The molecule has 8 aromatic carbocycles. The summed E-state index contributed by atoms with van der Waals surface area (Å²) in [6.45, 7) is 12.0. The lowest BCUT2D eigenvalue weighted by atomic mass is 9.70. The molecule has 0 saturated carbocycles. The van der Waals surface area contributed by atoms with Crippen LogP contribution in [0.3, 0.4) is 0 Å². The molecule has 274 valence electrons. The van der Waals surface area contributed by atoms with Crippen LogP contribution in [0.5, 0.6) is 0 Å². The topological polar surface area (TPSA) is 3.24 Å². The Morgan fingerprint density at radius 1 is 0.368 bits per heavy atom. The zero-order valence-electron chi connectivity index (χ0n) is 33.3. The minimum absolute atomic E-state index is 0.119. The van der Waals surface area contributed by atoms with Gasteiger partial charge in [-0.2, -0.15) is 0 Å². The third kappa shape index (κ3) is 4.68. The van der Waals surface area contributed by atoms with Gasteiger partial charge < -0.3 is 4.90 Å². The maximum absolute atomic E-state index is 2.57. The molecule has 8 aromatic rings. The lowest BCUT2D eigenvalue weighted by molar-refractivity contribution is 0.660. The highest BCUT2D eigenvalue weighted by molar-refractivity contribution is 6.88. The molecule has 0 fully saturated rings. The molecule has 0 amide bonds. The Kier molecular flexibility index (Phi) is 7.25. The van der Waals surface area contributed by atoms with E-state index in [-0.39, 0.29) is 5.41 Å². The molecule has 11 rings (SSSR count). The fraction of sp³-hybridized carbons (Fsp3) is 0.127. The number of fused-ring (bicyclic) bond motifs is 13. The molecule has 3 aliphatic rings. The summed E-state index contributed by atoms with van der Waals surface area (Å²) >= 11 is 0. The summed E-state index contributed by atoms with van der Waals surface area (Å²) in [7, 11) is -1.39. The minimum Gasteiger partial charge on any atom is -0.309 e. The molecule has 0 aliphatic heterocycles. The summed E-state index contributed by atoms with van der Waals surface area (Å²) < 4.78 is 0. The number of rotatable bonds is 5. The monoisotopic (exact) mass is 747 g/mol. The number of benzene rings is 8. The summed E-state index contributed by atoms with van der Waals surface area (Å²) in [5.41, 5.74) is 21.6. The highest BCUT2D eigenvalue weighted by Gasteiger charge is 2.52. The van der Waals surface area contributed by atoms with Crippen molar-refractivity contribution in [2.75, 3.05) is 4.90 Å². The molecule has 0 atom stereocenters. The normalized spacial score (nSPS) is 14.7. The van der Waals surface area contributed by atoms with E-state index >= 15 is 0 Å². The second-order valence-electron chi connectivity index (χ2n) is 17.7.